The van der Waals surface area contributed by atoms with Gasteiger partial charge >= 0.3 is 0 Å². The van der Waals surface area contributed by atoms with E-state index in [4.69, 9.17) is 11.6 Å². The van der Waals surface area contributed by atoms with Gasteiger partial charge in [-0.15, -0.1) is 0 Å². The molecule has 2 unspecified atom stereocenters. The Kier molecular flexibility index (Phi) is 4.81. The predicted octanol–water partition coefficient (Wildman–Crippen LogP) is 4.07. The lowest BCUT2D eigenvalue weighted by atomic mass is 9.86. The van der Waals surface area contributed by atoms with Crippen molar-refractivity contribution in [2.75, 3.05) is 5.32 Å². The van der Waals surface area contributed by atoms with Gasteiger partial charge in [-0.1, -0.05) is 44.7 Å². The normalized spacial score (nSPS) is 23.9. The topological polar surface area (TPSA) is 37.8 Å². The standard InChI is InChI=1S/C14H22ClN3/c1-3-6-11-9-13(15)18-14(16-11)17-12-8-5-4-7-10(12)2/h9-10,12H,3-8H2,1-2H3,(H,16,17,18). The Balaban J connectivity index is 2.07. The summed E-state index contributed by atoms with van der Waals surface area (Å²) >= 11 is 6.05. The zero-order chi connectivity index (χ0) is 13.0. The highest BCUT2D eigenvalue weighted by Crippen LogP contribution is 2.26. The van der Waals surface area contributed by atoms with Gasteiger partial charge in [0.2, 0.25) is 5.95 Å². The quantitative estimate of drug-likeness (QED) is 0.836. The summed E-state index contributed by atoms with van der Waals surface area (Å²) in [6.07, 6.45) is 7.17. The van der Waals surface area contributed by atoms with Crippen LogP contribution in [-0.2, 0) is 6.42 Å². The van der Waals surface area contributed by atoms with Crippen LogP contribution in [0.3, 0.4) is 0 Å². The molecule has 18 heavy (non-hydrogen) atoms. The molecule has 0 radical (unpaired) electrons. The van der Waals surface area contributed by atoms with Crippen LogP contribution in [0.2, 0.25) is 5.15 Å². The number of hydrogen-bond acceptors (Lipinski definition) is 3. The molecule has 1 aromatic rings. The van der Waals surface area contributed by atoms with Crippen LogP contribution in [0.4, 0.5) is 5.95 Å². The minimum atomic E-state index is 0.492. The lowest BCUT2D eigenvalue weighted by molar-refractivity contribution is 0.348. The van der Waals surface area contributed by atoms with E-state index in [0.717, 1.165) is 18.5 Å². The Morgan fingerprint density at radius 1 is 1.33 bits per heavy atom. The third-order valence-electron chi connectivity index (χ3n) is 3.68. The van der Waals surface area contributed by atoms with Crippen LogP contribution in [0.25, 0.3) is 0 Å². The molecule has 2 atom stereocenters. The molecule has 0 saturated heterocycles. The van der Waals surface area contributed by atoms with Gasteiger partial charge in [0.1, 0.15) is 5.15 Å². The summed E-state index contributed by atoms with van der Waals surface area (Å²) in [6.45, 7) is 4.45. The van der Waals surface area contributed by atoms with Crippen LogP contribution in [0.15, 0.2) is 6.07 Å². The molecular formula is C14H22ClN3. The van der Waals surface area contributed by atoms with Crippen LogP contribution in [0, 0.1) is 5.92 Å². The lowest BCUT2D eigenvalue weighted by Gasteiger charge is -2.29. The van der Waals surface area contributed by atoms with E-state index in [1.807, 2.05) is 6.07 Å². The molecule has 0 bridgehead atoms. The maximum atomic E-state index is 6.05. The molecule has 0 aromatic carbocycles. The summed E-state index contributed by atoms with van der Waals surface area (Å²) < 4.78 is 0. The van der Waals surface area contributed by atoms with Crippen LogP contribution in [0.1, 0.15) is 51.6 Å². The second-order valence-electron chi connectivity index (χ2n) is 5.27. The molecule has 0 amide bonds. The van der Waals surface area contributed by atoms with Crippen molar-refractivity contribution in [2.24, 2.45) is 5.92 Å². The first-order valence-corrected chi connectivity index (χ1v) is 7.37. The fourth-order valence-corrected chi connectivity index (χ4v) is 2.82. The number of halogens is 1. The van der Waals surface area contributed by atoms with Gasteiger partial charge in [-0.2, -0.15) is 0 Å². The van der Waals surface area contributed by atoms with E-state index in [0.29, 0.717) is 23.1 Å². The lowest BCUT2D eigenvalue weighted by Crippen LogP contribution is -2.31. The van der Waals surface area contributed by atoms with Crippen molar-refractivity contribution < 1.29 is 0 Å². The molecule has 1 saturated carbocycles. The van der Waals surface area contributed by atoms with Crippen molar-refractivity contribution >= 4 is 17.5 Å². The van der Waals surface area contributed by atoms with Crippen LogP contribution < -0.4 is 5.32 Å². The first-order chi connectivity index (χ1) is 8.69. The maximum absolute atomic E-state index is 6.05. The molecule has 1 aromatic heterocycles. The van der Waals surface area contributed by atoms with E-state index in [1.54, 1.807) is 0 Å². The highest BCUT2D eigenvalue weighted by molar-refractivity contribution is 6.29. The van der Waals surface area contributed by atoms with Gasteiger partial charge in [-0.3, -0.25) is 0 Å². The summed E-state index contributed by atoms with van der Waals surface area (Å²) in [6, 6.07) is 2.35. The molecule has 1 heterocycles. The number of aryl methyl sites for hydroxylation is 1. The monoisotopic (exact) mass is 267 g/mol. The molecule has 1 aliphatic carbocycles. The van der Waals surface area contributed by atoms with Gasteiger partial charge in [-0.25, -0.2) is 9.97 Å². The van der Waals surface area contributed by atoms with Crippen molar-refractivity contribution in [1.29, 1.82) is 0 Å². The Morgan fingerprint density at radius 3 is 2.83 bits per heavy atom. The Labute approximate surface area is 114 Å². The first-order valence-electron chi connectivity index (χ1n) is 6.99. The van der Waals surface area contributed by atoms with Crippen LogP contribution in [0.5, 0.6) is 0 Å². The molecule has 1 N–H and O–H groups in total. The van der Waals surface area contributed by atoms with Gasteiger partial charge < -0.3 is 5.32 Å². The number of rotatable bonds is 4. The zero-order valence-corrected chi connectivity index (χ0v) is 12.0. The second kappa shape index (κ2) is 6.37. The van der Waals surface area contributed by atoms with Gasteiger partial charge in [0.15, 0.2) is 0 Å². The minimum absolute atomic E-state index is 0.492. The van der Waals surface area contributed by atoms with Crippen molar-refractivity contribution in [1.82, 2.24) is 9.97 Å². The van der Waals surface area contributed by atoms with Crippen LogP contribution >= 0.6 is 11.6 Å². The van der Waals surface area contributed by atoms with E-state index in [1.165, 1.54) is 25.7 Å². The molecule has 2 rings (SSSR count). The zero-order valence-electron chi connectivity index (χ0n) is 11.2. The molecule has 3 nitrogen and oxygen atoms in total. The molecular weight excluding hydrogens is 246 g/mol. The van der Waals surface area contributed by atoms with Gasteiger partial charge in [0, 0.05) is 11.7 Å². The molecule has 1 fully saturated rings. The molecule has 100 valence electrons. The predicted molar refractivity (Wildman–Crippen MR) is 76.1 cm³/mol. The molecule has 1 aliphatic rings. The van der Waals surface area contributed by atoms with Gasteiger partial charge in [0.05, 0.1) is 0 Å². The Hall–Kier alpha value is -0.830. The Bertz CT molecular complexity index is 395. The van der Waals surface area contributed by atoms with E-state index in [9.17, 15) is 0 Å². The van der Waals surface area contributed by atoms with Crippen molar-refractivity contribution in [3.63, 3.8) is 0 Å². The third-order valence-corrected chi connectivity index (χ3v) is 3.87. The smallest absolute Gasteiger partial charge is 0.224 e. The van der Waals surface area contributed by atoms with E-state index in [2.05, 4.69) is 29.1 Å². The summed E-state index contributed by atoms with van der Waals surface area (Å²) in [7, 11) is 0. The van der Waals surface area contributed by atoms with Crippen LogP contribution in [-0.4, -0.2) is 16.0 Å². The number of aromatic nitrogens is 2. The number of anilines is 1. The van der Waals surface area contributed by atoms with E-state index >= 15 is 0 Å². The molecule has 4 heteroatoms. The highest BCUT2D eigenvalue weighted by Gasteiger charge is 2.21. The summed E-state index contributed by atoms with van der Waals surface area (Å²) in [5.74, 6) is 1.39. The number of nitrogens with zero attached hydrogens (tertiary/aromatic N) is 2. The van der Waals surface area contributed by atoms with E-state index in [-0.39, 0.29) is 0 Å². The Morgan fingerprint density at radius 2 is 2.11 bits per heavy atom. The fourth-order valence-electron chi connectivity index (χ4n) is 2.61. The number of hydrogen-bond donors (Lipinski definition) is 1. The summed E-state index contributed by atoms with van der Waals surface area (Å²) in [5, 5.41) is 4.00. The largest absolute Gasteiger partial charge is 0.351 e. The maximum Gasteiger partial charge on any atom is 0.224 e. The third kappa shape index (κ3) is 3.58. The summed E-state index contributed by atoms with van der Waals surface area (Å²) in [5.41, 5.74) is 1.03. The highest BCUT2D eigenvalue weighted by atomic mass is 35.5. The average molecular weight is 268 g/mol. The second-order valence-corrected chi connectivity index (χ2v) is 5.66. The fraction of sp³-hybridized carbons (Fsp3) is 0.714. The van der Waals surface area contributed by atoms with Crippen molar-refractivity contribution in [3.05, 3.63) is 16.9 Å². The van der Waals surface area contributed by atoms with E-state index < -0.39 is 0 Å². The van der Waals surface area contributed by atoms with Crippen molar-refractivity contribution in [2.45, 2.75) is 58.4 Å². The first kappa shape index (κ1) is 13.6. The average Bonchev–Trinajstić information content (AvgIpc) is 2.32. The summed E-state index contributed by atoms with van der Waals surface area (Å²) in [4.78, 5) is 8.83. The molecule has 0 spiro atoms. The van der Waals surface area contributed by atoms with Crippen molar-refractivity contribution in [3.8, 4) is 0 Å². The molecule has 0 aliphatic heterocycles. The van der Waals surface area contributed by atoms with Gasteiger partial charge in [0.25, 0.3) is 0 Å². The SMILES string of the molecule is CCCc1cc(Cl)nc(NC2CCCCC2C)n1. The van der Waals surface area contributed by atoms with Gasteiger partial charge in [-0.05, 0) is 31.2 Å². The number of nitrogens with one attached hydrogen (secondary N) is 1. The minimum Gasteiger partial charge on any atom is -0.351 e.